The Bertz CT molecular complexity index is 1170. The molecule has 3 atom stereocenters. The molecule has 166 valence electrons. The summed E-state index contributed by atoms with van der Waals surface area (Å²) in [5.41, 5.74) is 2.31. The molecule has 4 rings (SSSR count). The SMILES string of the molecule is Cn1cnc(CC(C#N)NC(=O)C2CCCCC2NC(=O)c2cc3ccccc3n2C)c1. The van der Waals surface area contributed by atoms with E-state index in [9.17, 15) is 14.9 Å². The Morgan fingerprint density at radius 1 is 1.25 bits per heavy atom. The van der Waals surface area contributed by atoms with E-state index in [0.717, 1.165) is 35.9 Å². The van der Waals surface area contributed by atoms with Gasteiger partial charge in [-0.3, -0.25) is 9.59 Å². The fraction of sp³-hybridized carbons (Fsp3) is 0.417. The monoisotopic (exact) mass is 432 g/mol. The molecule has 1 aliphatic carbocycles. The van der Waals surface area contributed by atoms with Gasteiger partial charge >= 0.3 is 0 Å². The molecule has 0 spiro atoms. The lowest BCUT2D eigenvalue weighted by Gasteiger charge is -2.31. The van der Waals surface area contributed by atoms with Crippen LogP contribution in [0.3, 0.4) is 0 Å². The van der Waals surface area contributed by atoms with E-state index in [0.29, 0.717) is 18.5 Å². The summed E-state index contributed by atoms with van der Waals surface area (Å²) in [6.07, 6.45) is 7.17. The van der Waals surface area contributed by atoms with E-state index in [-0.39, 0.29) is 23.8 Å². The van der Waals surface area contributed by atoms with E-state index in [2.05, 4.69) is 21.7 Å². The smallest absolute Gasteiger partial charge is 0.268 e. The van der Waals surface area contributed by atoms with E-state index in [1.54, 1.807) is 6.33 Å². The van der Waals surface area contributed by atoms with Gasteiger partial charge < -0.3 is 19.8 Å². The highest BCUT2D eigenvalue weighted by Crippen LogP contribution is 2.26. The van der Waals surface area contributed by atoms with E-state index in [1.165, 1.54) is 0 Å². The average Bonchev–Trinajstić information content (AvgIpc) is 3.36. The van der Waals surface area contributed by atoms with Crippen LogP contribution in [0.15, 0.2) is 42.9 Å². The third-order valence-electron chi connectivity index (χ3n) is 6.25. The molecule has 3 aromatic rings. The number of para-hydroxylation sites is 1. The number of carbonyl (C=O) groups is 2. The van der Waals surface area contributed by atoms with Crippen LogP contribution < -0.4 is 10.6 Å². The third-order valence-corrected chi connectivity index (χ3v) is 6.25. The number of hydrogen-bond donors (Lipinski definition) is 2. The lowest BCUT2D eigenvalue weighted by molar-refractivity contribution is -0.127. The van der Waals surface area contributed by atoms with Crippen LogP contribution in [-0.4, -0.2) is 38.0 Å². The number of fused-ring (bicyclic) bond motifs is 1. The average molecular weight is 433 g/mol. The van der Waals surface area contributed by atoms with Gasteiger partial charge in [0.1, 0.15) is 11.7 Å². The molecule has 1 saturated carbocycles. The van der Waals surface area contributed by atoms with Crippen molar-refractivity contribution in [3.05, 3.63) is 54.2 Å². The highest BCUT2D eigenvalue weighted by atomic mass is 16.2. The second kappa shape index (κ2) is 9.27. The molecule has 2 aromatic heterocycles. The molecule has 32 heavy (non-hydrogen) atoms. The second-order valence-corrected chi connectivity index (χ2v) is 8.54. The summed E-state index contributed by atoms with van der Waals surface area (Å²) in [7, 11) is 3.74. The van der Waals surface area contributed by atoms with E-state index >= 15 is 0 Å². The van der Waals surface area contributed by atoms with Crippen LogP contribution in [0, 0.1) is 17.2 Å². The predicted octanol–water partition coefficient (Wildman–Crippen LogP) is 2.45. The van der Waals surface area contributed by atoms with Gasteiger partial charge in [-0.2, -0.15) is 5.26 Å². The maximum atomic E-state index is 13.1. The molecule has 1 fully saturated rings. The summed E-state index contributed by atoms with van der Waals surface area (Å²) in [6, 6.07) is 11.0. The first kappa shape index (κ1) is 21.6. The predicted molar refractivity (Wildman–Crippen MR) is 121 cm³/mol. The van der Waals surface area contributed by atoms with Gasteiger partial charge in [-0.05, 0) is 25.0 Å². The first-order valence-electron chi connectivity index (χ1n) is 11.0. The van der Waals surface area contributed by atoms with Crippen molar-refractivity contribution in [2.45, 2.75) is 44.2 Å². The molecule has 0 aliphatic heterocycles. The zero-order chi connectivity index (χ0) is 22.7. The zero-order valence-electron chi connectivity index (χ0n) is 18.4. The van der Waals surface area contributed by atoms with Crippen LogP contribution in [0.25, 0.3) is 10.9 Å². The largest absolute Gasteiger partial charge is 0.347 e. The molecule has 1 aliphatic rings. The summed E-state index contributed by atoms with van der Waals surface area (Å²) in [4.78, 5) is 30.4. The molecule has 8 heteroatoms. The summed E-state index contributed by atoms with van der Waals surface area (Å²) in [5.74, 6) is -0.727. The van der Waals surface area contributed by atoms with Gasteiger partial charge in [0.15, 0.2) is 0 Å². The number of hydrogen-bond acceptors (Lipinski definition) is 4. The van der Waals surface area contributed by atoms with Crippen molar-refractivity contribution >= 4 is 22.7 Å². The van der Waals surface area contributed by atoms with Gasteiger partial charge in [-0.25, -0.2) is 4.98 Å². The van der Waals surface area contributed by atoms with Crippen molar-refractivity contribution in [3.63, 3.8) is 0 Å². The first-order valence-corrected chi connectivity index (χ1v) is 11.0. The van der Waals surface area contributed by atoms with Crippen molar-refractivity contribution in [3.8, 4) is 6.07 Å². The summed E-state index contributed by atoms with van der Waals surface area (Å²) >= 11 is 0. The van der Waals surface area contributed by atoms with Crippen molar-refractivity contribution < 1.29 is 9.59 Å². The van der Waals surface area contributed by atoms with E-state index < -0.39 is 6.04 Å². The van der Waals surface area contributed by atoms with E-state index in [1.807, 2.05) is 59.8 Å². The lowest BCUT2D eigenvalue weighted by atomic mass is 9.83. The first-order chi connectivity index (χ1) is 15.5. The van der Waals surface area contributed by atoms with Gasteiger partial charge in [0.05, 0.1) is 24.0 Å². The van der Waals surface area contributed by atoms with Crippen LogP contribution >= 0.6 is 0 Å². The van der Waals surface area contributed by atoms with Crippen molar-refractivity contribution in [2.75, 3.05) is 0 Å². The number of nitrogens with zero attached hydrogens (tertiary/aromatic N) is 4. The standard InChI is InChI=1S/C24H28N6O2/c1-29-14-18(26-15-29)12-17(13-25)27-23(31)19-8-4-5-9-20(19)28-24(32)22-11-16-7-3-6-10-21(16)30(22)2/h3,6-7,10-11,14-15,17,19-20H,4-5,8-9,12H2,1-2H3,(H,27,31)(H,28,32). The number of nitriles is 1. The fourth-order valence-electron chi connectivity index (χ4n) is 4.56. The summed E-state index contributed by atoms with van der Waals surface area (Å²) in [6.45, 7) is 0. The Labute approximate surface area is 187 Å². The minimum atomic E-state index is -0.658. The van der Waals surface area contributed by atoms with Crippen molar-refractivity contribution in [1.29, 1.82) is 5.26 Å². The second-order valence-electron chi connectivity index (χ2n) is 8.54. The fourth-order valence-corrected chi connectivity index (χ4v) is 4.56. The van der Waals surface area contributed by atoms with E-state index in [4.69, 9.17) is 0 Å². The summed E-state index contributed by atoms with van der Waals surface area (Å²) in [5, 5.41) is 16.5. The number of nitrogens with one attached hydrogen (secondary N) is 2. The van der Waals surface area contributed by atoms with Crippen LogP contribution in [-0.2, 0) is 25.3 Å². The minimum absolute atomic E-state index is 0.182. The Kier molecular flexibility index (Phi) is 6.26. The molecule has 2 amide bonds. The zero-order valence-corrected chi connectivity index (χ0v) is 18.4. The number of aromatic nitrogens is 3. The van der Waals surface area contributed by atoms with Crippen molar-refractivity contribution in [2.24, 2.45) is 20.0 Å². The molecule has 2 heterocycles. The molecule has 1 aromatic carbocycles. The van der Waals surface area contributed by atoms with Crippen LogP contribution in [0.5, 0.6) is 0 Å². The highest BCUT2D eigenvalue weighted by Gasteiger charge is 2.33. The Morgan fingerprint density at radius 3 is 2.75 bits per heavy atom. The number of aryl methyl sites for hydroxylation is 2. The lowest BCUT2D eigenvalue weighted by Crippen LogP contribution is -2.50. The van der Waals surface area contributed by atoms with Gasteiger partial charge in [-0.1, -0.05) is 31.0 Å². The Morgan fingerprint density at radius 2 is 2.03 bits per heavy atom. The molecule has 0 saturated heterocycles. The van der Waals surface area contributed by atoms with Gasteiger partial charge in [0.2, 0.25) is 5.91 Å². The normalized spacial score (nSPS) is 19.3. The topological polar surface area (TPSA) is 105 Å². The minimum Gasteiger partial charge on any atom is -0.347 e. The molecule has 3 unspecified atom stereocenters. The number of carbonyl (C=O) groups excluding carboxylic acids is 2. The third kappa shape index (κ3) is 4.52. The van der Waals surface area contributed by atoms with Crippen LogP contribution in [0.1, 0.15) is 41.9 Å². The molecule has 0 bridgehead atoms. The van der Waals surface area contributed by atoms with Crippen LogP contribution in [0.2, 0.25) is 0 Å². The van der Waals surface area contributed by atoms with Crippen LogP contribution in [0.4, 0.5) is 0 Å². The molecule has 2 N–H and O–H groups in total. The number of rotatable bonds is 6. The van der Waals surface area contributed by atoms with Gasteiger partial charge in [0, 0.05) is 43.7 Å². The molecular weight excluding hydrogens is 404 g/mol. The van der Waals surface area contributed by atoms with Crippen molar-refractivity contribution in [1.82, 2.24) is 24.8 Å². The number of benzene rings is 1. The Hall–Kier alpha value is -3.60. The maximum absolute atomic E-state index is 13.1. The Balaban J connectivity index is 1.44. The maximum Gasteiger partial charge on any atom is 0.268 e. The quantitative estimate of drug-likeness (QED) is 0.624. The molecule has 8 nitrogen and oxygen atoms in total. The number of amides is 2. The van der Waals surface area contributed by atoms with Gasteiger partial charge in [0.25, 0.3) is 5.91 Å². The molecule has 0 radical (unpaired) electrons. The number of imidazole rings is 1. The molecular formula is C24H28N6O2. The summed E-state index contributed by atoms with van der Waals surface area (Å²) < 4.78 is 3.69. The van der Waals surface area contributed by atoms with Gasteiger partial charge in [-0.15, -0.1) is 0 Å². The highest BCUT2D eigenvalue weighted by molar-refractivity contribution is 5.99.